The van der Waals surface area contributed by atoms with Crippen LogP contribution in [-0.2, 0) is 19.6 Å². The predicted molar refractivity (Wildman–Crippen MR) is 110 cm³/mol. The fraction of sp³-hybridized carbons (Fsp3) is 0.286. The number of carbonyl (C=O) groups excluding carboxylic acids is 2. The number of nitriles is 1. The van der Waals surface area contributed by atoms with Crippen molar-refractivity contribution in [1.29, 1.82) is 5.26 Å². The maximum Gasteiger partial charge on any atom is 0.243 e. The Balaban J connectivity index is 1.79. The molecule has 1 saturated heterocycles. The fourth-order valence-corrected chi connectivity index (χ4v) is 5.17. The van der Waals surface area contributed by atoms with Gasteiger partial charge in [-0.25, -0.2) is 12.8 Å². The number of nitrogens with zero attached hydrogens (tertiary/aromatic N) is 2. The second kappa shape index (κ2) is 9.24. The molecule has 1 aliphatic rings. The number of carbonyl (C=O) groups is 2. The van der Waals surface area contributed by atoms with Crippen molar-refractivity contribution in [3.8, 4) is 17.2 Å². The van der Waals surface area contributed by atoms with Crippen LogP contribution in [0.3, 0.4) is 0 Å². The van der Waals surface area contributed by atoms with Gasteiger partial charge in [-0.15, -0.1) is 0 Å². The average molecular weight is 444 g/mol. The number of primary amides is 1. The van der Waals surface area contributed by atoms with Gasteiger partial charge >= 0.3 is 0 Å². The van der Waals surface area contributed by atoms with Crippen molar-refractivity contribution < 1.29 is 22.4 Å². The van der Waals surface area contributed by atoms with E-state index in [1.807, 2.05) is 0 Å². The van der Waals surface area contributed by atoms with Crippen LogP contribution in [0.2, 0.25) is 0 Å². The molecule has 2 atom stereocenters. The van der Waals surface area contributed by atoms with E-state index in [9.17, 15) is 22.4 Å². The maximum absolute atomic E-state index is 13.4. The lowest BCUT2D eigenvalue weighted by Crippen LogP contribution is -2.49. The second-order valence-corrected chi connectivity index (χ2v) is 9.06. The van der Waals surface area contributed by atoms with Crippen molar-refractivity contribution in [1.82, 2.24) is 9.62 Å². The minimum absolute atomic E-state index is 0.00122. The standard InChI is InChI=1S/C21H21FN4O4S/c22-16-4-1-3-15(11-16)14-6-8-18(9-7-14)31(29,30)26-10-2-5-19(26)21(28)25-17(13-23)12-20(24)27/h1,3-4,6-9,11,17,19H,2,5,10,12H2,(H2,24,27)(H,25,28)/t17-,19-/m0/s1. The second-order valence-electron chi connectivity index (χ2n) is 7.17. The van der Waals surface area contributed by atoms with Crippen molar-refractivity contribution in [3.05, 3.63) is 54.3 Å². The first-order valence-electron chi connectivity index (χ1n) is 9.58. The van der Waals surface area contributed by atoms with Gasteiger partial charge in [-0.05, 0) is 48.2 Å². The van der Waals surface area contributed by atoms with E-state index in [0.717, 1.165) is 4.31 Å². The van der Waals surface area contributed by atoms with Crippen molar-refractivity contribution in [2.45, 2.75) is 36.2 Å². The first-order chi connectivity index (χ1) is 14.7. The molecule has 0 spiro atoms. The predicted octanol–water partition coefficient (Wildman–Crippen LogP) is 1.53. The van der Waals surface area contributed by atoms with Gasteiger partial charge in [0.2, 0.25) is 21.8 Å². The first kappa shape index (κ1) is 22.4. The van der Waals surface area contributed by atoms with Crippen LogP contribution in [0.25, 0.3) is 11.1 Å². The van der Waals surface area contributed by atoms with Crippen LogP contribution in [0.15, 0.2) is 53.4 Å². The van der Waals surface area contributed by atoms with Gasteiger partial charge in [0.25, 0.3) is 0 Å². The number of nitrogens with one attached hydrogen (secondary N) is 1. The van der Waals surface area contributed by atoms with E-state index >= 15 is 0 Å². The number of amides is 2. The Morgan fingerprint density at radius 1 is 1.23 bits per heavy atom. The molecule has 2 aromatic rings. The number of hydrogen-bond acceptors (Lipinski definition) is 5. The van der Waals surface area contributed by atoms with Crippen LogP contribution in [0.1, 0.15) is 19.3 Å². The summed E-state index contributed by atoms with van der Waals surface area (Å²) in [6.45, 7) is 0.152. The normalized spacial score (nSPS) is 17.6. The SMILES string of the molecule is N#C[C@H](CC(N)=O)NC(=O)[C@@H]1CCCN1S(=O)(=O)c1ccc(-c2cccc(F)c2)cc1. The third kappa shape index (κ3) is 5.07. The Kier molecular flexibility index (Phi) is 6.68. The maximum atomic E-state index is 13.4. The van der Waals surface area contributed by atoms with Gasteiger partial charge in [0, 0.05) is 6.54 Å². The molecule has 1 fully saturated rings. The highest BCUT2D eigenvalue weighted by Gasteiger charge is 2.40. The van der Waals surface area contributed by atoms with E-state index in [0.29, 0.717) is 24.0 Å². The molecule has 3 N–H and O–H groups in total. The number of rotatable bonds is 7. The zero-order chi connectivity index (χ0) is 22.6. The largest absolute Gasteiger partial charge is 0.370 e. The summed E-state index contributed by atoms with van der Waals surface area (Å²) in [6.07, 6.45) is 0.413. The highest BCUT2D eigenvalue weighted by atomic mass is 32.2. The number of hydrogen-bond donors (Lipinski definition) is 2. The van der Waals surface area contributed by atoms with Crippen molar-refractivity contribution in [2.75, 3.05) is 6.54 Å². The molecule has 0 aromatic heterocycles. The van der Waals surface area contributed by atoms with Gasteiger partial charge in [0.15, 0.2) is 0 Å². The zero-order valence-corrected chi connectivity index (χ0v) is 17.3. The minimum atomic E-state index is -3.98. The van der Waals surface area contributed by atoms with E-state index < -0.39 is 39.7 Å². The smallest absolute Gasteiger partial charge is 0.243 e. The average Bonchev–Trinajstić information content (AvgIpc) is 3.24. The quantitative estimate of drug-likeness (QED) is 0.668. The van der Waals surface area contributed by atoms with E-state index in [1.165, 1.54) is 24.3 Å². The van der Waals surface area contributed by atoms with Crippen LogP contribution in [0.5, 0.6) is 0 Å². The monoisotopic (exact) mass is 444 g/mol. The van der Waals surface area contributed by atoms with E-state index in [4.69, 9.17) is 11.0 Å². The summed E-state index contributed by atoms with van der Waals surface area (Å²) < 4.78 is 40.8. The first-order valence-corrected chi connectivity index (χ1v) is 11.0. The summed E-state index contributed by atoms with van der Waals surface area (Å²) in [5, 5.41) is 11.5. The molecule has 0 bridgehead atoms. The van der Waals surface area contributed by atoms with Gasteiger partial charge in [-0.3, -0.25) is 9.59 Å². The van der Waals surface area contributed by atoms with Crippen molar-refractivity contribution >= 4 is 21.8 Å². The Morgan fingerprint density at radius 2 is 1.94 bits per heavy atom. The third-order valence-corrected chi connectivity index (χ3v) is 6.93. The Bertz CT molecular complexity index is 1130. The van der Waals surface area contributed by atoms with Crippen LogP contribution >= 0.6 is 0 Å². The molecule has 0 saturated carbocycles. The molecule has 1 aliphatic heterocycles. The van der Waals surface area contributed by atoms with Gasteiger partial charge < -0.3 is 11.1 Å². The highest BCUT2D eigenvalue weighted by Crippen LogP contribution is 2.28. The lowest BCUT2D eigenvalue weighted by molar-refractivity contribution is -0.125. The molecule has 3 rings (SSSR count). The molecule has 10 heteroatoms. The zero-order valence-electron chi connectivity index (χ0n) is 16.5. The summed E-state index contributed by atoms with van der Waals surface area (Å²) in [6, 6.07) is 11.6. The fourth-order valence-electron chi connectivity index (χ4n) is 3.51. The van der Waals surface area contributed by atoms with Crippen LogP contribution in [0.4, 0.5) is 4.39 Å². The molecule has 1 heterocycles. The number of sulfonamides is 1. The Labute approximate surface area is 179 Å². The van der Waals surface area contributed by atoms with Gasteiger partial charge in [0.05, 0.1) is 17.4 Å². The topological polar surface area (TPSA) is 133 Å². The van der Waals surface area contributed by atoms with Gasteiger partial charge in [-0.1, -0.05) is 24.3 Å². The Morgan fingerprint density at radius 3 is 2.55 bits per heavy atom. The summed E-state index contributed by atoms with van der Waals surface area (Å²) in [7, 11) is -3.98. The number of nitrogens with two attached hydrogens (primary N) is 1. The molecule has 0 aliphatic carbocycles. The highest BCUT2D eigenvalue weighted by molar-refractivity contribution is 7.89. The van der Waals surface area contributed by atoms with E-state index in [-0.39, 0.29) is 17.9 Å². The van der Waals surface area contributed by atoms with Crippen molar-refractivity contribution in [2.24, 2.45) is 5.73 Å². The van der Waals surface area contributed by atoms with Gasteiger partial charge in [-0.2, -0.15) is 9.57 Å². The molecule has 2 aromatic carbocycles. The summed E-state index contributed by atoms with van der Waals surface area (Å²) in [5.74, 6) is -1.79. The van der Waals surface area contributed by atoms with Crippen LogP contribution in [0, 0.1) is 17.1 Å². The van der Waals surface area contributed by atoms with Crippen molar-refractivity contribution in [3.63, 3.8) is 0 Å². The number of halogens is 1. The Hall–Kier alpha value is -3.29. The van der Waals surface area contributed by atoms with E-state index in [1.54, 1.807) is 30.3 Å². The van der Waals surface area contributed by atoms with E-state index in [2.05, 4.69) is 5.32 Å². The molecule has 162 valence electrons. The van der Waals surface area contributed by atoms with Gasteiger partial charge in [0.1, 0.15) is 17.9 Å². The lowest BCUT2D eigenvalue weighted by atomic mass is 10.1. The molecule has 2 amide bonds. The minimum Gasteiger partial charge on any atom is -0.370 e. The molecule has 8 nitrogen and oxygen atoms in total. The third-order valence-electron chi connectivity index (χ3n) is 5.00. The molecule has 0 unspecified atom stereocenters. The molecule has 31 heavy (non-hydrogen) atoms. The number of benzene rings is 2. The molecular formula is C21H21FN4O4S. The lowest BCUT2D eigenvalue weighted by Gasteiger charge is -2.24. The van der Waals surface area contributed by atoms with Crippen LogP contribution < -0.4 is 11.1 Å². The van der Waals surface area contributed by atoms with Crippen LogP contribution in [-0.4, -0.2) is 43.2 Å². The summed E-state index contributed by atoms with van der Waals surface area (Å²) in [4.78, 5) is 23.6. The molecule has 0 radical (unpaired) electrons. The molecular weight excluding hydrogens is 423 g/mol. The summed E-state index contributed by atoms with van der Waals surface area (Å²) >= 11 is 0. The summed E-state index contributed by atoms with van der Waals surface area (Å²) in [5.41, 5.74) is 6.33.